The normalized spacial score (nSPS) is 11.9. The lowest BCUT2D eigenvalue weighted by molar-refractivity contribution is 0.669. The Morgan fingerprint density at radius 2 is 0.518 bits per heavy atom. The first-order valence-corrected chi connectivity index (χ1v) is 38.5. The van der Waals surface area contributed by atoms with Crippen LogP contribution in [-0.2, 0) is 0 Å². The smallest absolute Gasteiger partial charge is 0.235 e. The first-order chi connectivity index (χ1) is 56.5. The highest BCUT2D eigenvalue weighted by atomic mass is 16.3. The molecule has 0 aliphatic heterocycles. The number of benzene rings is 16. The zero-order chi connectivity index (χ0) is 74.9. The van der Waals surface area contributed by atoms with Gasteiger partial charge in [-0.05, 0) is 144 Å². The number of nitrogens with zero attached hydrogens (tertiary/aromatic N) is 8. The van der Waals surface area contributed by atoms with Crippen LogP contribution >= 0.6 is 0 Å². The van der Waals surface area contributed by atoms with E-state index in [0.717, 1.165) is 172 Å². The number of hydrogen-bond acceptors (Lipinski definition) is 6. The fourth-order valence-corrected chi connectivity index (χ4v) is 17.4. The molecule has 8 heterocycles. The van der Waals surface area contributed by atoms with Crippen LogP contribution in [0.15, 0.2) is 397 Å². The summed E-state index contributed by atoms with van der Waals surface area (Å²) in [6, 6.07) is 137. The van der Waals surface area contributed by atoms with Gasteiger partial charge in [-0.25, -0.2) is 19.9 Å². The maximum Gasteiger partial charge on any atom is 0.235 e. The first kappa shape index (κ1) is 64.5. The lowest BCUT2D eigenvalue weighted by Crippen LogP contribution is -2.04. The maximum atomic E-state index is 6.58. The molecule has 114 heavy (non-hydrogen) atoms. The lowest BCUT2D eigenvalue weighted by atomic mass is 10.0. The summed E-state index contributed by atoms with van der Waals surface area (Å²) in [6.45, 7) is 0. The molecule has 0 radical (unpaired) electrons. The fourth-order valence-electron chi connectivity index (χ4n) is 17.4. The Bertz CT molecular complexity index is 7970. The van der Waals surface area contributed by atoms with Crippen LogP contribution in [0.2, 0.25) is 0 Å². The third-order valence-electron chi connectivity index (χ3n) is 22.7. The van der Waals surface area contributed by atoms with E-state index in [4.69, 9.17) is 28.8 Å². The van der Waals surface area contributed by atoms with Gasteiger partial charge in [-0.15, -0.1) is 0 Å². The largest absolute Gasteiger partial charge is 0.456 e. The van der Waals surface area contributed by atoms with E-state index in [0.29, 0.717) is 11.9 Å². The SMILES string of the molecule is c1ccc(-c2ccc(-c3cc(-c4cccc5c4oc4ccccc45)nc(-n4c5ccccc5c5cc6c7ccccc7n(-c7ccccc7)c6cc54)n3)cc2)cc1.c1ccc(-c2cccc(-c3cc(-c4ccc5c(c4)oc4ccccc45)nc(-n4c5ccccc5c5cc6c7ccccc7n(-c7ccccc7)c6cc54)n3)c2)cc1. The van der Waals surface area contributed by atoms with Crippen molar-refractivity contribution in [3.8, 4) is 90.6 Å². The van der Waals surface area contributed by atoms with Crippen LogP contribution in [0.25, 0.3) is 222 Å². The maximum absolute atomic E-state index is 6.58. The number of aromatic nitrogens is 8. The van der Waals surface area contributed by atoms with Crippen molar-refractivity contribution < 1.29 is 8.83 Å². The summed E-state index contributed by atoms with van der Waals surface area (Å²) in [6.07, 6.45) is 0. The Morgan fingerprint density at radius 1 is 0.175 bits per heavy atom. The Hall–Kier alpha value is -15.5. The molecule has 24 aromatic rings. The molecule has 16 aromatic carbocycles. The Kier molecular flexibility index (Phi) is 14.8. The van der Waals surface area contributed by atoms with Crippen LogP contribution < -0.4 is 0 Å². The summed E-state index contributed by atoms with van der Waals surface area (Å²) < 4.78 is 22.2. The summed E-state index contributed by atoms with van der Waals surface area (Å²) in [5, 5.41) is 13.8. The van der Waals surface area contributed by atoms with E-state index in [-0.39, 0.29) is 0 Å². The third-order valence-corrected chi connectivity index (χ3v) is 22.7. The second-order valence-corrected chi connectivity index (χ2v) is 29.2. The molecule has 0 amide bonds. The van der Waals surface area contributed by atoms with Crippen LogP contribution in [0.4, 0.5) is 0 Å². The van der Waals surface area contributed by atoms with E-state index in [1.54, 1.807) is 0 Å². The van der Waals surface area contributed by atoms with Gasteiger partial charge in [-0.3, -0.25) is 9.13 Å². The molecule has 0 atom stereocenters. The zero-order valence-electron chi connectivity index (χ0n) is 61.3. The Morgan fingerprint density at radius 3 is 1.05 bits per heavy atom. The van der Waals surface area contributed by atoms with E-state index in [2.05, 4.69) is 370 Å². The number of rotatable bonds is 10. The molecule has 8 aromatic heterocycles. The molecule has 10 nitrogen and oxygen atoms in total. The average molecular weight is 1460 g/mol. The third kappa shape index (κ3) is 10.5. The van der Waals surface area contributed by atoms with Crippen molar-refractivity contribution in [1.82, 2.24) is 38.2 Å². The van der Waals surface area contributed by atoms with Gasteiger partial charge in [0.1, 0.15) is 22.3 Å². The van der Waals surface area contributed by atoms with Gasteiger partial charge >= 0.3 is 0 Å². The first-order valence-electron chi connectivity index (χ1n) is 38.5. The summed E-state index contributed by atoms with van der Waals surface area (Å²) >= 11 is 0. The predicted octanol–water partition coefficient (Wildman–Crippen LogP) is 27.1. The molecule has 0 bridgehead atoms. The van der Waals surface area contributed by atoms with Crippen LogP contribution in [0.1, 0.15) is 0 Å². The monoisotopic (exact) mass is 1460 g/mol. The van der Waals surface area contributed by atoms with Crippen LogP contribution in [-0.4, -0.2) is 38.2 Å². The van der Waals surface area contributed by atoms with Crippen molar-refractivity contribution in [3.63, 3.8) is 0 Å². The van der Waals surface area contributed by atoms with Crippen LogP contribution in [0.5, 0.6) is 0 Å². The minimum absolute atomic E-state index is 0.593. The summed E-state index contributed by atoms with van der Waals surface area (Å²) in [5.74, 6) is 1.20. The minimum Gasteiger partial charge on any atom is -0.456 e. The molecule has 10 heteroatoms. The predicted molar refractivity (Wildman–Crippen MR) is 469 cm³/mol. The molecule has 0 unspecified atom stereocenters. The minimum atomic E-state index is 0.593. The number of fused-ring (bicyclic) bond motifs is 18. The van der Waals surface area contributed by atoms with Gasteiger partial charge < -0.3 is 18.0 Å². The standard InChI is InChI=1S/2C52H32N4O/c1-3-14-33(15-4-1)34-16-13-17-35(28-34)44-31-45(36-26-27-41-40-22-9-12-25-50(40)57-51(41)29-36)54-52(53-44)56-47-24-11-8-21-39(47)43-30-42-38-20-7-10-23-46(38)55(48(42)32-49(43)56)37-18-5-2-6-19-37;1-3-14-33(15-4-1)34-26-28-35(29-27-34)44-31-45(41-22-13-21-40-39-20-9-12-25-50(39)57-51(40)41)54-52(53-44)56-47-24-11-8-19-38(47)43-30-42-37-18-7-10-23-46(37)55(48(42)32-49(43)56)36-16-5-2-6-17-36/h2*1-32H. The molecular formula is C104H64N8O2. The highest BCUT2D eigenvalue weighted by molar-refractivity contribution is 6.21. The average Bonchev–Trinajstić information content (AvgIpc) is 1.56. The van der Waals surface area contributed by atoms with Crippen LogP contribution in [0.3, 0.4) is 0 Å². The number of hydrogen-bond donors (Lipinski definition) is 0. The van der Waals surface area contributed by atoms with Crippen molar-refractivity contribution in [1.29, 1.82) is 0 Å². The summed E-state index contributed by atoms with van der Waals surface area (Å²) in [7, 11) is 0. The van der Waals surface area contributed by atoms with Gasteiger partial charge in [0.15, 0.2) is 0 Å². The van der Waals surface area contributed by atoms with Gasteiger partial charge in [0.2, 0.25) is 11.9 Å². The second kappa shape index (κ2) is 26.1. The number of furan rings is 2. The Balaban J connectivity index is 0.000000135. The molecule has 0 fully saturated rings. The van der Waals surface area contributed by atoms with E-state index >= 15 is 0 Å². The fraction of sp³-hybridized carbons (Fsp3) is 0. The zero-order valence-corrected chi connectivity index (χ0v) is 61.3. The highest BCUT2D eigenvalue weighted by Gasteiger charge is 2.25. The summed E-state index contributed by atoms with van der Waals surface area (Å²) in [4.78, 5) is 21.7. The van der Waals surface area contributed by atoms with Gasteiger partial charge in [-0.1, -0.05) is 267 Å². The van der Waals surface area contributed by atoms with Gasteiger partial charge in [0.25, 0.3) is 0 Å². The van der Waals surface area contributed by atoms with Gasteiger partial charge in [0.05, 0.1) is 66.9 Å². The molecule has 532 valence electrons. The second-order valence-electron chi connectivity index (χ2n) is 29.2. The van der Waals surface area contributed by atoms with Crippen molar-refractivity contribution in [3.05, 3.63) is 388 Å². The highest BCUT2D eigenvalue weighted by Crippen LogP contribution is 2.45. The van der Waals surface area contributed by atoms with Gasteiger partial charge in [-0.2, -0.15) is 0 Å². The lowest BCUT2D eigenvalue weighted by Gasteiger charge is -2.13. The topological polar surface area (TPSA) is 97.6 Å². The molecule has 0 aliphatic rings. The van der Waals surface area contributed by atoms with Crippen molar-refractivity contribution in [2.75, 3.05) is 0 Å². The van der Waals surface area contributed by atoms with Crippen molar-refractivity contribution in [2.45, 2.75) is 0 Å². The quantitative estimate of drug-likeness (QED) is 0.135. The molecule has 0 saturated heterocycles. The van der Waals surface area contributed by atoms with E-state index in [9.17, 15) is 0 Å². The van der Waals surface area contributed by atoms with Gasteiger partial charge in [0, 0.05) is 98.3 Å². The number of para-hydroxylation sites is 9. The molecule has 0 N–H and O–H groups in total. The van der Waals surface area contributed by atoms with Crippen molar-refractivity contribution >= 4 is 131 Å². The van der Waals surface area contributed by atoms with Crippen LogP contribution in [0, 0.1) is 0 Å². The Labute approximate surface area is 652 Å². The molecule has 0 aliphatic carbocycles. The van der Waals surface area contributed by atoms with E-state index < -0.39 is 0 Å². The summed E-state index contributed by atoms with van der Waals surface area (Å²) in [5.41, 5.74) is 26.1. The molecule has 0 spiro atoms. The van der Waals surface area contributed by atoms with Crippen molar-refractivity contribution in [2.24, 2.45) is 0 Å². The molecule has 0 saturated carbocycles. The molecular weight excluding hydrogens is 1390 g/mol. The van der Waals surface area contributed by atoms with E-state index in [1.807, 2.05) is 36.4 Å². The molecule has 24 rings (SSSR count). The van der Waals surface area contributed by atoms with E-state index in [1.165, 1.54) is 38.1 Å².